The SMILES string of the molecule is O=C(O)c1ccc(F)c(S(=O)(=O)N2CCC(CO)C2)c1. The van der Waals surface area contributed by atoms with Gasteiger partial charge in [0, 0.05) is 19.7 Å². The van der Waals surface area contributed by atoms with Crippen LogP contribution in [-0.4, -0.2) is 48.6 Å². The number of hydrogen-bond donors (Lipinski definition) is 2. The van der Waals surface area contributed by atoms with Gasteiger partial charge < -0.3 is 10.2 Å². The fraction of sp³-hybridized carbons (Fsp3) is 0.417. The molecule has 0 amide bonds. The van der Waals surface area contributed by atoms with Crippen molar-refractivity contribution in [1.82, 2.24) is 4.31 Å². The standard InChI is InChI=1S/C12H14FNO5S/c13-10-2-1-9(12(16)17)5-11(10)20(18,19)14-4-3-8(6-14)7-15/h1-2,5,8,15H,3-4,6-7H2,(H,16,17). The third kappa shape index (κ3) is 2.67. The summed E-state index contributed by atoms with van der Waals surface area (Å²) in [5, 5.41) is 17.9. The number of aliphatic hydroxyl groups excluding tert-OH is 1. The summed E-state index contributed by atoms with van der Waals surface area (Å²) in [5.41, 5.74) is -0.289. The normalized spacial score (nSPS) is 20.2. The molecular weight excluding hydrogens is 289 g/mol. The molecule has 110 valence electrons. The molecule has 2 N–H and O–H groups in total. The molecule has 1 fully saturated rings. The predicted octanol–water partition coefficient (Wildman–Crippen LogP) is 0.527. The van der Waals surface area contributed by atoms with Crippen LogP contribution in [0.15, 0.2) is 23.1 Å². The Balaban J connectivity index is 2.39. The van der Waals surface area contributed by atoms with Crippen LogP contribution in [0, 0.1) is 11.7 Å². The van der Waals surface area contributed by atoms with Crippen LogP contribution < -0.4 is 0 Å². The highest BCUT2D eigenvalue weighted by molar-refractivity contribution is 7.89. The maximum absolute atomic E-state index is 13.7. The number of rotatable bonds is 4. The van der Waals surface area contributed by atoms with E-state index in [0.717, 1.165) is 22.5 Å². The Morgan fingerprint density at radius 3 is 2.70 bits per heavy atom. The summed E-state index contributed by atoms with van der Waals surface area (Å²) in [4.78, 5) is 10.2. The highest BCUT2D eigenvalue weighted by atomic mass is 32.2. The lowest BCUT2D eigenvalue weighted by molar-refractivity contribution is 0.0696. The molecule has 1 saturated heterocycles. The lowest BCUT2D eigenvalue weighted by Gasteiger charge is -2.17. The van der Waals surface area contributed by atoms with Gasteiger partial charge in [-0.05, 0) is 30.5 Å². The number of carboxylic acid groups (broad SMARTS) is 1. The van der Waals surface area contributed by atoms with E-state index in [-0.39, 0.29) is 31.2 Å². The van der Waals surface area contributed by atoms with Crippen LogP contribution in [0.1, 0.15) is 16.8 Å². The van der Waals surface area contributed by atoms with Crippen molar-refractivity contribution >= 4 is 16.0 Å². The monoisotopic (exact) mass is 303 g/mol. The minimum Gasteiger partial charge on any atom is -0.478 e. The number of nitrogens with zero attached hydrogens (tertiary/aromatic N) is 1. The van der Waals surface area contributed by atoms with Crippen molar-refractivity contribution in [3.63, 3.8) is 0 Å². The Labute approximate surface area is 115 Å². The molecule has 0 bridgehead atoms. The Morgan fingerprint density at radius 2 is 2.15 bits per heavy atom. The van der Waals surface area contributed by atoms with Gasteiger partial charge >= 0.3 is 5.97 Å². The Hall–Kier alpha value is -1.51. The number of hydrogen-bond acceptors (Lipinski definition) is 4. The van der Waals surface area contributed by atoms with Crippen LogP contribution in [-0.2, 0) is 10.0 Å². The van der Waals surface area contributed by atoms with Gasteiger partial charge in [0.2, 0.25) is 10.0 Å². The summed E-state index contributed by atoms with van der Waals surface area (Å²) >= 11 is 0. The molecule has 1 aromatic carbocycles. The van der Waals surface area contributed by atoms with Crippen LogP contribution in [0.2, 0.25) is 0 Å². The van der Waals surface area contributed by atoms with Gasteiger partial charge in [-0.25, -0.2) is 17.6 Å². The topological polar surface area (TPSA) is 94.9 Å². The van der Waals surface area contributed by atoms with E-state index in [1.807, 2.05) is 0 Å². The average molecular weight is 303 g/mol. The van der Waals surface area contributed by atoms with E-state index >= 15 is 0 Å². The number of aromatic carboxylic acids is 1. The molecule has 20 heavy (non-hydrogen) atoms. The number of halogens is 1. The van der Waals surface area contributed by atoms with Gasteiger partial charge in [-0.15, -0.1) is 0 Å². The first-order valence-corrected chi connectivity index (χ1v) is 7.44. The first-order valence-electron chi connectivity index (χ1n) is 6.00. The smallest absolute Gasteiger partial charge is 0.335 e. The minimum atomic E-state index is -4.08. The third-order valence-electron chi connectivity index (χ3n) is 3.30. The summed E-state index contributed by atoms with van der Waals surface area (Å²) in [5.74, 6) is -2.48. The summed E-state index contributed by atoms with van der Waals surface area (Å²) < 4.78 is 39.4. The number of benzene rings is 1. The Bertz CT molecular complexity index is 631. The molecule has 0 aliphatic carbocycles. The summed E-state index contributed by atoms with van der Waals surface area (Å²) in [6.07, 6.45) is 0.496. The van der Waals surface area contributed by atoms with Crippen molar-refractivity contribution in [2.45, 2.75) is 11.3 Å². The molecule has 1 heterocycles. The van der Waals surface area contributed by atoms with Gasteiger partial charge in [-0.1, -0.05) is 0 Å². The van der Waals surface area contributed by atoms with E-state index in [2.05, 4.69) is 0 Å². The number of carboxylic acids is 1. The van der Waals surface area contributed by atoms with E-state index in [9.17, 15) is 17.6 Å². The average Bonchev–Trinajstić information content (AvgIpc) is 2.88. The predicted molar refractivity (Wildman–Crippen MR) is 67.3 cm³/mol. The quantitative estimate of drug-likeness (QED) is 0.846. The maximum atomic E-state index is 13.7. The van der Waals surface area contributed by atoms with Gasteiger partial charge in [0.05, 0.1) is 5.56 Å². The molecule has 1 aliphatic rings. The molecule has 1 aromatic rings. The van der Waals surface area contributed by atoms with Gasteiger partial charge in [-0.2, -0.15) is 4.31 Å². The first-order chi connectivity index (χ1) is 9.36. The zero-order valence-electron chi connectivity index (χ0n) is 10.5. The maximum Gasteiger partial charge on any atom is 0.335 e. The van der Waals surface area contributed by atoms with E-state index in [0.29, 0.717) is 6.42 Å². The molecule has 8 heteroatoms. The van der Waals surface area contributed by atoms with Crippen molar-refractivity contribution < 1.29 is 27.8 Å². The highest BCUT2D eigenvalue weighted by Crippen LogP contribution is 2.26. The van der Waals surface area contributed by atoms with E-state index in [1.165, 1.54) is 0 Å². The van der Waals surface area contributed by atoms with Gasteiger partial charge in [0.1, 0.15) is 10.7 Å². The molecule has 1 atom stereocenters. The van der Waals surface area contributed by atoms with Crippen LogP contribution in [0.3, 0.4) is 0 Å². The molecule has 0 spiro atoms. The zero-order valence-corrected chi connectivity index (χ0v) is 11.3. The fourth-order valence-electron chi connectivity index (χ4n) is 2.14. The third-order valence-corrected chi connectivity index (χ3v) is 5.18. The molecule has 2 rings (SSSR count). The van der Waals surface area contributed by atoms with Crippen LogP contribution in [0.4, 0.5) is 4.39 Å². The first kappa shape index (κ1) is 14.9. The largest absolute Gasteiger partial charge is 0.478 e. The van der Waals surface area contributed by atoms with Crippen molar-refractivity contribution in [3.05, 3.63) is 29.6 Å². The van der Waals surface area contributed by atoms with Crippen LogP contribution >= 0.6 is 0 Å². The summed E-state index contributed by atoms with van der Waals surface area (Å²) in [6, 6.07) is 2.66. The number of sulfonamides is 1. The van der Waals surface area contributed by atoms with E-state index < -0.39 is 26.7 Å². The molecule has 0 radical (unpaired) electrons. The lowest BCUT2D eigenvalue weighted by atomic mass is 10.1. The van der Waals surface area contributed by atoms with Crippen molar-refractivity contribution in [2.75, 3.05) is 19.7 Å². The number of aliphatic hydroxyl groups is 1. The zero-order chi connectivity index (χ0) is 14.9. The molecule has 1 aliphatic heterocycles. The van der Waals surface area contributed by atoms with Crippen molar-refractivity contribution in [2.24, 2.45) is 5.92 Å². The fourth-order valence-corrected chi connectivity index (χ4v) is 3.76. The second kappa shape index (κ2) is 5.47. The molecule has 0 aromatic heterocycles. The molecule has 1 unspecified atom stereocenters. The molecule has 0 saturated carbocycles. The van der Waals surface area contributed by atoms with Crippen LogP contribution in [0.5, 0.6) is 0 Å². The van der Waals surface area contributed by atoms with Gasteiger partial charge in [-0.3, -0.25) is 0 Å². The minimum absolute atomic E-state index is 0.107. The second-order valence-corrected chi connectivity index (χ2v) is 6.56. The summed E-state index contributed by atoms with van der Waals surface area (Å²) in [6.45, 7) is 0.156. The van der Waals surface area contributed by atoms with E-state index in [4.69, 9.17) is 10.2 Å². The van der Waals surface area contributed by atoms with E-state index in [1.54, 1.807) is 0 Å². The summed E-state index contributed by atoms with van der Waals surface area (Å²) in [7, 11) is -4.08. The Kier molecular flexibility index (Phi) is 4.07. The van der Waals surface area contributed by atoms with Gasteiger partial charge in [0.15, 0.2) is 0 Å². The van der Waals surface area contributed by atoms with Crippen molar-refractivity contribution in [1.29, 1.82) is 0 Å². The highest BCUT2D eigenvalue weighted by Gasteiger charge is 2.34. The lowest BCUT2D eigenvalue weighted by Crippen LogP contribution is -2.30. The molecular formula is C12H14FNO5S. The number of carbonyl (C=O) groups is 1. The molecule has 6 nitrogen and oxygen atoms in total. The Morgan fingerprint density at radius 1 is 1.45 bits per heavy atom. The van der Waals surface area contributed by atoms with Gasteiger partial charge in [0.25, 0.3) is 0 Å². The van der Waals surface area contributed by atoms with Crippen LogP contribution in [0.25, 0.3) is 0 Å². The van der Waals surface area contributed by atoms with Crippen molar-refractivity contribution in [3.8, 4) is 0 Å². The second-order valence-electron chi connectivity index (χ2n) is 4.65.